The van der Waals surface area contributed by atoms with Crippen molar-refractivity contribution in [2.24, 2.45) is 5.92 Å². The van der Waals surface area contributed by atoms with Crippen LogP contribution in [0.3, 0.4) is 0 Å². The van der Waals surface area contributed by atoms with Crippen molar-refractivity contribution in [1.29, 1.82) is 0 Å². The van der Waals surface area contributed by atoms with Crippen LogP contribution < -0.4 is 15.6 Å². The Balaban J connectivity index is 1.67. The molecular formula is C24H31N3O4. The minimum absolute atomic E-state index is 0.0641. The predicted octanol–water partition coefficient (Wildman–Crippen LogP) is 2.93. The van der Waals surface area contributed by atoms with Crippen molar-refractivity contribution in [2.75, 3.05) is 26.9 Å². The summed E-state index contributed by atoms with van der Waals surface area (Å²) in [6, 6.07) is 14.7. The summed E-state index contributed by atoms with van der Waals surface area (Å²) in [4.78, 5) is 15.3. The SMILES string of the molecule is CCCOc1ccc(C2C3C(NNC3c3ccccc3O)C(=O)N2CCCOC)cc1. The van der Waals surface area contributed by atoms with Gasteiger partial charge in [0.2, 0.25) is 5.91 Å². The summed E-state index contributed by atoms with van der Waals surface area (Å²) in [5, 5.41) is 10.5. The van der Waals surface area contributed by atoms with E-state index >= 15 is 0 Å². The van der Waals surface area contributed by atoms with E-state index in [2.05, 4.69) is 29.9 Å². The van der Waals surface area contributed by atoms with Crippen LogP contribution in [0.1, 0.15) is 43.0 Å². The number of nitrogens with one attached hydrogen (secondary N) is 2. The number of aromatic hydroxyl groups is 1. The number of nitrogens with zero attached hydrogens (tertiary/aromatic N) is 1. The molecule has 166 valence electrons. The van der Waals surface area contributed by atoms with Crippen molar-refractivity contribution in [2.45, 2.75) is 37.9 Å². The van der Waals surface area contributed by atoms with E-state index in [1.54, 1.807) is 13.2 Å². The topological polar surface area (TPSA) is 83.1 Å². The predicted molar refractivity (Wildman–Crippen MR) is 118 cm³/mol. The number of carbonyl (C=O) groups excluding carboxylic acids is 1. The van der Waals surface area contributed by atoms with E-state index in [4.69, 9.17) is 9.47 Å². The number of ether oxygens (including phenoxy) is 2. The van der Waals surface area contributed by atoms with Gasteiger partial charge in [0.25, 0.3) is 0 Å². The maximum absolute atomic E-state index is 13.3. The van der Waals surface area contributed by atoms with Crippen LogP contribution in [0.25, 0.3) is 0 Å². The Morgan fingerprint density at radius 3 is 2.48 bits per heavy atom. The summed E-state index contributed by atoms with van der Waals surface area (Å²) < 4.78 is 11.0. The average Bonchev–Trinajstić information content (AvgIpc) is 3.32. The third-order valence-corrected chi connectivity index (χ3v) is 6.13. The number of likely N-dealkylation sites (tertiary alicyclic amines) is 1. The van der Waals surface area contributed by atoms with Crippen LogP contribution in [0.2, 0.25) is 0 Å². The van der Waals surface area contributed by atoms with Gasteiger partial charge in [-0.25, -0.2) is 10.9 Å². The highest BCUT2D eigenvalue weighted by molar-refractivity contribution is 5.86. The third kappa shape index (κ3) is 4.26. The molecule has 4 atom stereocenters. The highest BCUT2D eigenvalue weighted by atomic mass is 16.5. The fourth-order valence-corrected chi connectivity index (χ4v) is 4.73. The second-order valence-corrected chi connectivity index (χ2v) is 8.12. The van der Waals surface area contributed by atoms with E-state index in [0.29, 0.717) is 19.8 Å². The third-order valence-electron chi connectivity index (χ3n) is 6.13. The monoisotopic (exact) mass is 425 g/mol. The van der Waals surface area contributed by atoms with Gasteiger partial charge in [-0.2, -0.15) is 0 Å². The number of hydrogen-bond donors (Lipinski definition) is 3. The molecule has 0 saturated carbocycles. The van der Waals surface area contributed by atoms with Gasteiger partial charge in [-0.05, 0) is 36.6 Å². The quantitative estimate of drug-likeness (QED) is 0.536. The van der Waals surface area contributed by atoms with E-state index in [1.807, 2.05) is 35.2 Å². The molecule has 2 aliphatic rings. The fourth-order valence-electron chi connectivity index (χ4n) is 4.73. The zero-order valence-corrected chi connectivity index (χ0v) is 18.1. The van der Waals surface area contributed by atoms with Crippen molar-refractivity contribution in [3.63, 3.8) is 0 Å². The van der Waals surface area contributed by atoms with Gasteiger partial charge in [0.15, 0.2) is 0 Å². The van der Waals surface area contributed by atoms with Crippen LogP contribution in [-0.2, 0) is 9.53 Å². The van der Waals surface area contributed by atoms with E-state index in [-0.39, 0.29) is 35.7 Å². The number of fused-ring (bicyclic) bond motifs is 1. The molecule has 3 N–H and O–H groups in total. The Kier molecular flexibility index (Phi) is 6.75. The molecule has 4 unspecified atom stereocenters. The van der Waals surface area contributed by atoms with Crippen molar-refractivity contribution in [3.05, 3.63) is 59.7 Å². The van der Waals surface area contributed by atoms with Gasteiger partial charge in [-0.3, -0.25) is 4.79 Å². The number of rotatable bonds is 9. The molecular weight excluding hydrogens is 394 g/mol. The molecule has 0 aromatic heterocycles. The van der Waals surface area contributed by atoms with Gasteiger partial charge < -0.3 is 19.5 Å². The van der Waals surface area contributed by atoms with Gasteiger partial charge in [0.1, 0.15) is 17.5 Å². The lowest BCUT2D eigenvalue weighted by atomic mass is 9.83. The first-order valence-electron chi connectivity index (χ1n) is 11.0. The minimum Gasteiger partial charge on any atom is -0.508 e. The molecule has 2 aromatic rings. The van der Waals surface area contributed by atoms with Gasteiger partial charge in [0, 0.05) is 31.7 Å². The number of carbonyl (C=O) groups is 1. The van der Waals surface area contributed by atoms with E-state index in [1.165, 1.54) is 0 Å². The summed E-state index contributed by atoms with van der Waals surface area (Å²) in [6.07, 6.45) is 1.72. The van der Waals surface area contributed by atoms with Crippen molar-refractivity contribution in [1.82, 2.24) is 15.8 Å². The van der Waals surface area contributed by atoms with Crippen LogP contribution >= 0.6 is 0 Å². The van der Waals surface area contributed by atoms with Crippen molar-refractivity contribution < 1.29 is 19.4 Å². The Morgan fingerprint density at radius 1 is 1.03 bits per heavy atom. The molecule has 2 fully saturated rings. The number of phenols is 1. The zero-order valence-electron chi connectivity index (χ0n) is 18.1. The molecule has 0 radical (unpaired) electrons. The normalized spacial score (nSPS) is 25.1. The minimum atomic E-state index is -0.354. The summed E-state index contributed by atoms with van der Waals surface area (Å²) in [7, 11) is 1.67. The second kappa shape index (κ2) is 9.68. The second-order valence-electron chi connectivity index (χ2n) is 8.12. The molecule has 1 amide bonds. The first-order chi connectivity index (χ1) is 15.2. The number of amides is 1. The van der Waals surface area contributed by atoms with E-state index < -0.39 is 0 Å². The van der Waals surface area contributed by atoms with E-state index in [9.17, 15) is 9.90 Å². The van der Waals surface area contributed by atoms with Crippen LogP contribution in [-0.4, -0.2) is 48.8 Å². The first-order valence-corrected chi connectivity index (χ1v) is 11.0. The Morgan fingerprint density at radius 2 is 1.77 bits per heavy atom. The molecule has 2 aliphatic heterocycles. The Bertz CT molecular complexity index is 889. The maximum atomic E-state index is 13.3. The number of hydrazine groups is 1. The van der Waals surface area contributed by atoms with Crippen LogP contribution in [0, 0.1) is 5.92 Å². The smallest absolute Gasteiger partial charge is 0.242 e. The number of phenolic OH excluding ortho intramolecular Hbond substituents is 1. The molecule has 2 heterocycles. The Labute approximate surface area is 183 Å². The first kappa shape index (κ1) is 21.6. The molecule has 0 aliphatic carbocycles. The number of para-hydroxylation sites is 1. The fraction of sp³-hybridized carbons (Fsp3) is 0.458. The average molecular weight is 426 g/mol. The Hall–Kier alpha value is -2.61. The van der Waals surface area contributed by atoms with Crippen molar-refractivity contribution in [3.8, 4) is 11.5 Å². The molecule has 0 spiro atoms. The maximum Gasteiger partial charge on any atom is 0.242 e. The van der Waals surface area contributed by atoms with Gasteiger partial charge in [0.05, 0.1) is 18.7 Å². The van der Waals surface area contributed by atoms with Crippen LogP contribution in [0.4, 0.5) is 0 Å². The van der Waals surface area contributed by atoms with Crippen LogP contribution in [0.5, 0.6) is 11.5 Å². The summed E-state index contributed by atoms with van der Waals surface area (Å²) >= 11 is 0. The highest BCUT2D eigenvalue weighted by Crippen LogP contribution is 2.48. The molecule has 7 heteroatoms. The molecule has 2 saturated heterocycles. The van der Waals surface area contributed by atoms with Gasteiger partial charge >= 0.3 is 0 Å². The zero-order chi connectivity index (χ0) is 21.8. The number of benzene rings is 2. The lowest BCUT2D eigenvalue weighted by molar-refractivity contribution is -0.131. The number of methoxy groups -OCH3 is 1. The molecule has 0 bridgehead atoms. The summed E-state index contributed by atoms with van der Waals surface area (Å²) in [5.41, 5.74) is 8.32. The summed E-state index contributed by atoms with van der Waals surface area (Å²) in [5.74, 6) is 1.07. The summed E-state index contributed by atoms with van der Waals surface area (Å²) in [6.45, 7) is 3.98. The lowest BCUT2D eigenvalue weighted by Gasteiger charge is -2.31. The molecule has 4 rings (SSSR count). The van der Waals surface area contributed by atoms with Gasteiger partial charge in [-0.15, -0.1) is 0 Å². The molecule has 7 nitrogen and oxygen atoms in total. The van der Waals surface area contributed by atoms with Gasteiger partial charge in [-0.1, -0.05) is 37.3 Å². The highest BCUT2D eigenvalue weighted by Gasteiger charge is 2.55. The van der Waals surface area contributed by atoms with E-state index in [0.717, 1.165) is 29.7 Å². The lowest BCUT2D eigenvalue weighted by Crippen LogP contribution is -2.41. The molecule has 2 aromatic carbocycles. The molecule has 31 heavy (non-hydrogen) atoms. The van der Waals surface area contributed by atoms with Crippen molar-refractivity contribution >= 4 is 5.91 Å². The number of hydrogen-bond acceptors (Lipinski definition) is 6. The largest absolute Gasteiger partial charge is 0.508 e. The van der Waals surface area contributed by atoms with Crippen LogP contribution in [0.15, 0.2) is 48.5 Å². The standard InChI is InChI=1S/C24H31N3O4/c1-3-14-31-17-11-9-16(10-12-17)23-20-21(18-7-4-5-8-19(18)28)25-26-22(20)24(29)27(23)13-6-15-30-2/h4-5,7-12,20-23,25-26,28H,3,6,13-15H2,1-2H3.